The van der Waals surface area contributed by atoms with Crippen LogP contribution in [-0.2, 0) is 11.3 Å². The number of carbonyl (C=O) groups excluding carboxylic acids is 1. The van der Waals surface area contributed by atoms with Crippen LogP contribution in [0.3, 0.4) is 0 Å². The lowest BCUT2D eigenvalue weighted by Crippen LogP contribution is -2.06. The summed E-state index contributed by atoms with van der Waals surface area (Å²) in [7, 11) is 1.55. The molecule has 0 radical (unpaired) electrons. The molecule has 2 aromatic carbocycles. The first kappa shape index (κ1) is 20.9. The average molecular weight is 415 g/mol. The average Bonchev–Trinajstić information content (AvgIpc) is 3.05. The Hall–Kier alpha value is -2.83. The molecule has 0 spiro atoms. The third kappa shape index (κ3) is 4.60. The van der Waals surface area contributed by atoms with E-state index in [0.717, 1.165) is 22.2 Å². The number of halogens is 1. The van der Waals surface area contributed by atoms with Gasteiger partial charge in [0.25, 0.3) is 0 Å². The van der Waals surface area contributed by atoms with Gasteiger partial charge >= 0.3 is 0 Å². The number of aliphatic hydroxyl groups is 1. The molecular formula is C22H23ClN2O4. The van der Waals surface area contributed by atoms with E-state index in [1.165, 1.54) is 0 Å². The van der Waals surface area contributed by atoms with Gasteiger partial charge in [-0.2, -0.15) is 0 Å². The van der Waals surface area contributed by atoms with Gasteiger partial charge in [-0.05, 0) is 48.9 Å². The number of aliphatic hydroxyl groups excluding tert-OH is 1. The Morgan fingerprint density at radius 3 is 2.69 bits per heavy atom. The normalized spacial score (nSPS) is 11.3. The maximum Gasteiger partial charge on any atom is 0.197 e. The summed E-state index contributed by atoms with van der Waals surface area (Å²) in [6.45, 7) is 2.37. The number of nitrogens with zero attached hydrogens (tertiary/aromatic N) is 1. The van der Waals surface area contributed by atoms with Crippen LogP contribution >= 0.6 is 11.6 Å². The molecule has 0 aliphatic carbocycles. The molecule has 3 rings (SSSR count). The Bertz CT molecular complexity index is 1030. The van der Waals surface area contributed by atoms with Crippen LogP contribution in [0, 0.1) is 6.92 Å². The minimum absolute atomic E-state index is 0.0625. The van der Waals surface area contributed by atoms with E-state index in [-0.39, 0.29) is 12.4 Å². The molecule has 3 aromatic rings. The lowest BCUT2D eigenvalue weighted by molar-refractivity contribution is 0.103. The zero-order valence-electron chi connectivity index (χ0n) is 16.4. The van der Waals surface area contributed by atoms with Gasteiger partial charge in [0.15, 0.2) is 5.78 Å². The third-order valence-electron chi connectivity index (χ3n) is 4.64. The molecule has 0 unspecified atom stereocenters. The number of aryl methyl sites for hydroxylation is 1. The summed E-state index contributed by atoms with van der Waals surface area (Å²) >= 11 is 5.97. The molecule has 0 saturated heterocycles. The Morgan fingerprint density at radius 1 is 1.24 bits per heavy atom. The highest BCUT2D eigenvalue weighted by molar-refractivity contribution is 6.30. The fourth-order valence-electron chi connectivity index (χ4n) is 3.23. The van der Waals surface area contributed by atoms with Crippen molar-refractivity contribution in [2.24, 2.45) is 5.16 Å². The van der Waals surface area contributed by atoms with E-state index in [2.05, 4.69) is 10.1 Å². The molecular weight excluding hydrogens is 392 g/mol. The number of nitrogens with one attached hydrogen (secondary N) is 1. The number of oxime groups is 1. The molecule has 0 aliphatic rings. The van der Waals surface area contributed by atoms with Gasteiger partial charge in [0.1, 0.15) is 12.4 Å². The molecule has 152 valence electrons. The largest absolute Gasteiger partial charge is 0.496 e. The number of H-pyrrole nitrogens is 1. The summed E-state index contributed by atoms with van der Waals surface area (Å²) in [5, 5.41) is 14.1. The van der Waals surface area contributed by atoms with Crippen LogP contribution in [0.2, 0.25) is 5.02 Å². The van der Waals surface area contributed by atoms with Gasteiger partial charge in [-0.25, -0.2) is 0 Å². The number of carbonyl (C=O) groups is 1. The van der Waals surface area contributed by atoms with Crippen LogP contribution in [0.1, 0.15) is 33.6 Å². The van der Waals surface area contributed by atoms with Crippen molar-refractivity contribution in [1.29, 1.82) is 0 Å². The van der Waals surface area contributed by atoms with Crippen LogP contribution in [-0.4, -0.2) is 42.4 Å². The molecule has 0 fully saturated rings. The first-order valence-corrected chi connectivity index (χ1v) is 9.67. The molecule has 2 N–H and O–H groups in total. The van der Waals surface area contributed by atoms with Gasteiger partial charge in [0, 0.05) is 52.8 Å². The van der Waals surface area contributed by atoms with E-state index in [1.807, 2.05) is 13.0 Å². The smallest absolute Gasteiger partial charge is 0.197 e. The highest BCUT2D eigenvalue weighted by Crippen LogP contribution is 2.34. The van der Waals surface area contributed by atoms with Crippen molar-refractivity contribution in [1.82, 2.24) is 4.98 Å². The van der Waals surface area contributed by atoms with Crippen molar-refractivity contribution >= 4 is 34.5 Å². The van der Waals surface area contributed by atoms with Crippen LogP contribution in [0.15, 0.2) is 41.6 Å². The maximum atomic E-state index is 13.3. The van der Waals surface area contributed by atoms with Crippen molar-refractivity contribution in [3.8, 4) is 5.75 Å². The molecule has 1 heterocycles. The van der Waals surface area contributed by atoms with Crippen molar-refractivity contribution < 1.29 is 19.5 Å². The van der Waals surface area contributed by atoms with E-state index in [1.54, 1.807) is 43.7 Å². The second kappa shape index (κ2) is 9.58. The van der Waals surface area contributed by atoms with Crippen molar-refractivity contribution in [2.75, 3.05) is 20.3 Å². The zero-order valence-corrected chi connectivity index (χ0v) is 17.1. The Labute approximate surface area is 174 Å². The molecule has 0 amide bonds. The summed E-state index contributed by atoms with van der Waals surface area (Å²) in [5.74, 6) is 0.370. The maximum absolute atomic E-state index is 13.3. The van der Waals surface area contributed by atoms with Crippen molar-refractivity contribution in [2.45, 2.75) is 19.8 Å². The number of hydrogen-bond donors (Lipinski definition) is 2. The number of ether oxygens (including phenoxy) is 1. The SMILES string of the molecule is COc1ccc2[nH]c(C)c(CC=NOCCCO)c2c1C(=O)c1ccc(Cl)cc1. The van der Waals surface area contributed by atoms with Gasteiger partial charge in [-0.15, -0.1) is 0 Å². The molecule has 0 aliphatic heterocycles. The van der Waals surface area contributed by atoms with Crippen molar-refractivity contribution in [3.05, 3.63) is 63.8 Å². The van der Waals surface area contributed by atoms with Crippen LogP contribution < -0.4 is 4.74 Å². The summed E-state index contributed by atoms with van der Waals surface area (Å²) in [4.78, 5) is 21.8. The minimum atomic E-state index is -0.138. The van der Waals surface area contributed by atoms with Crippen molar-refractivity contribution in [3.63, 3.8) is 0 Å². The second-order valence-electron chi connectivity index (χ2n) is 6.53. The van der Waals surface area contributed by atoms with E-state index in [4.69, 9.17) is 26.3 Å². The molecule has 0 atom stereocenters. The number of ketones is 1. The standard InChI is InChI=1S/C22H23ClN2O4/c1-14-17(10-11-24-29-13-3-12-26)20-18(25-14)8-9-19(28-2)21(20)22(27)15-4-6-16(23)7-5-15/h4-9,11,25-26H,3,10,12-13H2,1-2H3. The summed E-state index contributed by atoms with van der Waals surface area (Å²) in [5.41, 5.74) is 3.78. The zero-order chi connectivity index (χ0) is 20.8. The van der Waals surface area contributed by atoms with Gasteiger partial charge in [0.05, 0.1) is 12.7 Å². The first-order valence-electron chi connectivity index (χ1n) is 9.30. The lowest BCUT2D eigenvalue weighted by Gasteiger charge is -2.11. The quantitative estimate of drug-likeness (QED) is 0.237. The fourth-order valence-corrected chi connectivity index (χ4v) is 3.35. The number of fused-ring (bicyclic) bond motifs is 1. The number of hydrogen-bond acceptors (Lipinski definition) is 5. The molecule has 1 aromatic heterocycles. The number of methoxy groups -OCH3 is 1. The van der Waals surface area contributed by atoms with Gasteiger partial charge < -0.3 is 19.7 Å². The Balaban J connectivity index is 2.03. The monoisotopic (exact) mass is 414 g/mol. The van der Waals surface area contributed by atoms with E-state index in [0.29, 0.717) is 41.3 Å². The molecule has 7 heteroatoms. The topological polar surface area (TPSA) is 83.9 Å². The van der Waals surface area contributed by atoms with Crippen LogP contribution in [0.5, 0.6) is 5.75 Å². The molecule has 29 heavy (non-hydrogen) atoms. The van der Waals surface area contributed by atoms with Gasteiger partial charge in [0.2, 0.25) is 0 Å². The minimum Gasteiger partial charge on any atom is -0.496 e. The van der Waals surface area contributed by atoms with E-state index < -0.39 is 0 Å². The first-order chi connectivity index (χ1) is 14.1. The predicted molar refractivity (Wildman–Crippen MR) is 114 cm³/mol. The summed E-state index contributed by atoms with van der Waals surface area (Å²) in [6, 6.07) is 10.5. The molecule has 0 bridgehead atoms. The molecule has 6 nitrogen and oxygen atoms in total. The van der Waals surface area contributed by atoms with E-state index in [9.17, 15) is 4.79 Å². The molecule has 0 saturated carbocycles. The number of benzene rings is 2. The lowest BCUT2D eigenvalue weighted by atomic mass is 9.95. The summed E-state index contributed by atoms with van der Waals surface area (Å²) < 4.78 is 5.51. The van der Waals surface area contributed by atoms with E-state index >= 15 is 0 Å². The number of rotatable bonds is 9. The fraction of sp³-hybridized carbons (Fsp3) is 0.273. The highest BCUT2D eigenvalue weighted by atomic mass is 35.5. The summed E-state index contributed by atoms with van der Waals surface area (Å²) in [6.07, 6.45) is 2.67. The number of aromatic amines is 1. The number of aromatic nitrogens is 1. The Morgan fingerprint density at radius 2 is 2.00 bits per heavy atom. The van der Waals surface area contributed by atoms with Crippen LogP contribution in [0.25, 0.3) is 10.9 Å². The third-order valence-corrected chi connectivity index (χ3v) is 4.89. The van der Waals surface area contributed by atoms with Crippen LogP contribution in [0.4, 0.5) is 0 Å². The second-order valence-corrected chi connectivity index (χ2v) is 6.97. The van der Waals surface area contributed by atoms with Gasteiger partial charge in [-0.1, -0.05) is 16.8 Å². The van der Waals surface area contributed by atoms with Gasteiger partial charge in [-0.3, -0.25) is 4.79 Å². The highest BCUT2D eigenvalue weighted by Gasteiger charge is 2.22. The predicted octanol–water partition coefficient (Wildman–Crippen LogP) is 4.30. The Kier molecular flexibility index (Phi) is 6.90.